The van der Waals surface area contributed by atoms with E-state index in [0.717, 1.165) is 70.6 Å². The lowest BCUT2D eigenvalue weighted by Crippen LogP contribution is -2.44. The highest BCUT2D eigenvalue weighted by molar-refractivity contribution is 5.70. The summed E-state index contributed by atoms with van der Waals surface area (Å²) in [6, 6.07) is 0. The zero-order chi connectivity index (χ0) is 73.2. The normalized spacial score (nSPS) is 12.9. The van der Waals surface area contributed by atoms with Gasteiger partial charge in [-0.3, -0.25) is 9.59 Å². The summed E-state index contributed by atoms with van der Waals surface area (Å²) in [4.78, 5) is 37.7. The number of carbonyl (C=O) groups is 3. The molecule has 0 heterocycles. The summed E-state index contributed by atoms with van der Waals surface area (Å²) < 4.78 is 22.9. The van der Waals surface area contributed by atoms with Gasteiger partial charge in [0.25, 0.3) is 0 Å². The third kappa shape index (κ3) is 83.9. The molecular weight excluding hydrogens is 1250 g/mol. The number of ether oxygens (including phenoxy) is 4. The zero-order valence-corrected chi connectivity index (χ0v) is 67.8. The SMILES string of the molecule is CC/C=C\C/C=C\C/C=C\C/C=C\CCCCCCCCCCCCCCCCCCCCCCCCCCC(=O)OC(COC(=O)CCCCCCCCCCCCCCCCCCCCCCCCCCCCC/C=C\C/C=C\CCCCCCC)COC(OCC[N+](C)(C)C)C(=O)[O-]. The predicted molar refractivity (Wildman–Crippen MR) is 435 cm³/mol. The van der Waals surface area contributed by atoms with Crippen molar-refractivity contribution in [3.05, 3.63) is 72.9 Å². The Labute approximate surface area is 628 Å². The van der Waals surface area contributed by atoms with Crippen molar-refractivity contribution in [2.75, 3.05) is 47.5 Å². The first-order valence-corrected chi connectivity index (χ1v) is 44.1. The highest BCUT2D eigenvalue weighted by atomic mass is 16.7. The van der Waals surface area contributed by atoms with Gasteiger partial charge in [0, 0.05) is 12.8 Å². The van der Waals surface area contributed by atoms with Gasteiger partial charge in [-0.2, -0.15) is 0 Å². The molecule has 2 unspecified atom stereocenters. The highest BCUT2D eigenvalue weighted by Gasteiger charge is 2.22. The first-order valence-electron chi connectivity index (χ1n) is 44.1. The number of esters is 2. The van der Waals surface area contributed by atoms with E-state index in [0.29, 0.717) is 17.4 Å². The number of likely N-dealkylation sites (N-methyl/N-ethyl adjacent to an activating group) is 1. The topological polar surface area (TPSA) is 111 Å². The monoisotopic (exact) mass is 1420 g/mol. The van der Waals surface area contributed by atoms with Crippen LogP contribution in [0.1, 0.15) is 438 Å². The van der Waals surface area contributed by atoms with E-state index in [1.54, 1.807) is 0 Å². The molecular formula is C92H169NO8. The van der Waals surface area contributed by atoms with Crippen LogP contribution in [0.15, 0.2) is 72.9 Å². The predicted octanol–water partition coefficient (Wildman–Crippen LogP) is 27.4. The first-order chi connectivity index (χ1) is 49.6. The number of carbonyl (C=O) groups excluding carboxylic acids is 3. The number of quaternary nitrogens is 1. The third-order valence-corrected chi connectivity index (χ3v) is 19.9. The molecule has 101 heavy (non-hydrogen) atoms. The van der Waals surface area contributed by atoms with E-state index in [1.807, 2.05) is 21.1 Å². The van der Waals surface area contributed by atoms with Crippen LogP contribution in [0.2, 0.25) is 0 Å². The number of carboxylic acid groups (broad SMARTS) is 1. The summed E-state index contributed by atoms with van der Waals surface area (Å²) in [7, 11) is 5.96. The average Bonchev–Trinajstić information content (AvgIpc) is 1.25. The second-order valence-electron chi connectivity index (χ2n) is 31.2. The van der Waals surface area contributed by atoms with Crippen molar-refractivity contribution in [1.82, 2.24) is 0 Å². The van der Waals surface area contributed by atoms with Gasteiger partial charge in [0.15, 0.2) is 12.4 Å². The molecule has 0 saturated heterocycles. The molecule has 0 N–H and O–H groups in total. The summed E-state index contributed by atoms with van der Waals surface area (Å²) in [5, 5.41) is 11.9. The number of hydrogen-bond donors (Lipinski definition) is 0. The largest absolute Gasteiger partial charge is 0.545 e. The number of hydrogen-bond acceptors (Lipinski definition) is 8. The minimum absolute atomic E-state index is 0.150. The van der Waals surface area contributed by atoms with Crippen molar-refractivity contribution in [2.24, 2.45) is 0 Å². The fourth-order valence-corrected chi connectivity index (χ4v) is 13.3. The van der Waals surface area contributed by atoms with Gasteiger partial charge >= 0.3 is 11.9 Å². The number of unbranched alkanes of at least 4 members (excludes halogenated alkanes) is 56. The van der Waals surface area contributed by atoms with E-state index < -0.39 is 24.3 Å². The van der Waals surface area contributed by atoms with Gasteiger partial charge < -0.3 is 33.3 Å². The maximum Gasteiger partial charge on any atom is 0.306 e. The molecule has 0 aliphatic rings. The van der Waals surface area contributed by atoms with Crippen molar-refractivity contribution in [1.29, 1.82) is 0 Å². The molecule has 0 saturated carbocycles. The summed E-state index contributed by atoms with van der Waals surface area (Å²) in [5.41, 5.74) is 0. The Morgan fingerprint density at radius 3 is 0.842 bits per heavy atom. The van der Waals surface area contributed by atoms with E-state index in [1.165, 1.54) is 340 Å². The fraction of sp³-hybridized carbons (Fsp3) is 0.837. The fourth-order valence-electron chi connectivity index (χ4n) is 13.3. The lowest BCUT2D eigenvalue weighted by molar-refractivity contribution is -0.870. The molecule has 0 aromatic carbocycles. The molecule has 0 aliphatic carbocycles. The smallest absolute Gasteiger partial charge is 0.306 e. The Morgan fingerprint density at radius 2 is 0.564 bits per heavy atom. The summed E-state index contributed by atoms with van der Waals surface area (Å²) in [6.45, 7) is 4.70. The van der Waals surface area contributed by atoms with Crippen LogP contribution in [0.5, 0.6) is 0 Å². The maximum absolute atomic E-state index is 13.0. The molecule has 2 atom stereocenters. The Morgan fingerprint density at radius 1 is 0.307 bits per heavy atom. The van der Waals surface area contributed by atoms with Crippen LogP contribution < -0.4 is 5.11 Å². The molecule has 0 aliphatic heterocycles. The van der Waals surface area contributed by atoms with Crippen molar-refractivity contribution in [3.63, 3.8) is 0 Å². The van der Waals surface area contributed by atoms with Crippen molar-refractivity contribution in [2.45, 2.75) is 450 Å². The Balaban J connectivity index is 3.91. The third-order valence-electron chi connectivity index (χ3n) is 19.9. The number of nitrogens with zero attached hydrogens (tertiary/aromatic N) is 1. The van der Waals surface area contributed by atoms with Crippen molar-refractivity contribution < 1.29 is 42.9 Å². The summed E-state index contributed by atoms with van der Waals surface area (Å²) in [6.07, 6.45) is 109. The van der Waals surface area contributed by atoms with E-state index in [9.17, 15) is 19.5 Å². The molecule has 0 bridgehead atoms. The minimum atomic E-state index is -1.62. The van der Waals surface area contributed by atoms with Crippen LogP contribution in [0.3, 0.4) is 0 Å². The number of carboxylic acids is 1. The molecule has 0 fully saturated rings. The number of aliphatic carboxylic acids is 1. The van der Waals surface area contributed by atoms with E-state index >= 15 is 0 Å². The molecule has 0 rings (SSSR count). The molecule has 0 spiro atoms. The van der Waals surface area contributed by atoms with Crippen molar-refractivity contribution in [3.8, 4) is 0 Å². The van der Waals surface area contributed by atoms with Crippen LogP contribution in [-0.2, 0) is 33.3 Å². The summed E-state index contributed by atoms with van der Waals surface area (Å²) >= 11 is 0. The number of allylic oxidation sites excluding steroid dienone is 12. The van der Waals surface area contributed by atoms with Gasteiger partial charge in [0.2, 0.25) is 0 Å². The summed E-state index contributed by atoms with van der Waals surface area (Å²) in [5.74, 6) is -2.25. The molecule has 0 radical (unpaired) electrons. The number of rotatable bonds is 83. The van der Waals surface area contributed by atoms with Crippen LogP contribution >= 0.6 is 0 Å². The Hall–Kier alpha value is -3.27. The van der Waals surface area contributed by atoms with Crippen LogP contribution in [0.25, 0.3) is 0 Å². The van der Waals surface area contributed by atoms with E-state index in [4.69, 9.17) is 18.9 Å². The molecule has 0 aromatic heterocycles. The van der Waals surface area contributed by atoms with Crippen molar-refractivity contribution >= 4 is 17.9 Å². The zero-order valence-electron chi connectivity index (χ0n) is 67.8. The van der Waals surface area contributed by atoms with Gasteiger partial charge in [-0.1, -0.05) is 414 Å². The average molecular weight is 1420 g/mol. The van der Waals surface area contributed by atoms with Crippen LogP contribution in [0.4, 0.5) is 0 Å². The van der Waals surface area contributed by atoms with Gasteiger partial charge in [-0.15, -0.1) is 0 Å². The van der Waals surface area contributed by atoms with Gasteiger partial charge in [0.1, 0.15) is 13.2 Å². The maximum atomic E-state index is 13.0. The standard InChI is InChI=1S/C92H169NO8/c1-6-8-10-12-14-16-18-20-22-24-26-28-30-32-34-36-38-40-42-44-45-47-48-50-52-54-56-58-60-62-64-66-68-70-72-74-76-78-80-82-89(94)99-86-88(87-100-92(91(96)97)98-85-84-93(3,4)5)101-90(95)83-81-79-77-75-73-71-69-67-65-63-61-59-57-55-53-51-49-46-43-41-39-37-35-33-31-29-27-25-23-21-19-17-15-13-11-9-7-2/h9,11,15,17-18,20-21,23-24,26-27,29,88,92H,6-8,10,12-14,16,19,22,25,28,30-87H2,1-5H3/b11-9-,17-15-,20-18-,23-21-,26-24-,29-27-. The second-order valence-corrected chi connectivity index (χ2v) is 31.2. The van der Waals surface area contributed by atoms with Crippen LogP contribution in [0, 0.1) is 0 Å². The van der Waals surface area contributed by atoms with Gasteiger partial charge in [0.05, 0.1) is 40.3 Å². The molecule has 590 valence electrons. The van der Waals surface area contributed by atoms with E-state index in [2.05, 4.69) is 86.8 Å². The van der Waals surface area contributed by atoms with Gasteiger partial charge in [-0.25, -0.2) is 0 Å². The Bertz CT molecular complexity index is 1900. The molecule has 0 amide bonds. The first kappa shape index (κ1) is 97.7. The minimum Gasteiger partial charge on any atom is -0.545 e. The van der Waals surface area contributed by atoms with E-state index in [-0.39, 0.29) is 32.2 Å². The highest BCUT2D eigenvalue weighted by Crippen LogP contribution is 2.20. The second kappa shape index (κ2) is 82.4. The lowest BCUT2D eigenvalue weighted by atomic mass is 10.0. The molecule has 9 heteroatoms. The van der Waals surface area contributed by atoms with Crippen LogP contribution in [-0.4, -0.2) is 82.3 Å². The lowest BCUT2D eigenvalue weighted by Gasteiger charge is -2.26. The van der Waals surface area contributed by atoms with Gasteiger partial charge in [-0.05, 0) is 83.5 Å². The molecule has 0 aromatic rings. The quantitative estimate of drug-likeness (QED) is 0.0195. The Kier molecular flexibility index (Phi) is 79.7. The molecule has 9 nitrogen and oxygen atoms in total.